The van der Waals surface area contributed by atoms with E-state index in [4.69, 9.17) is 5.73 Å². The summed E-state index contributed by atoms with van der Waals surface area (Å²) in [6, 6.07) is 0.288. The van der Waals surface area contributed by atoms with Crippen molar-refractivity contribution < 1.29 is 5.11 Å². The Balaban J connectivity index is 1.94. The van der Waals surface area contributed by atoms with Crippen molar-refractivity contribution in [1.82, 2.24) is 0 Å². The monoisotopic (exact) mass is 127 g/mol. The van der Waals surface area contributed by atoms with Gasteiger partial charge in [-0.15, -0.1) is 0 Å². The van der Waals surface area contributed by atoms with Crippen molar-refractivity contribution in [2.75, 3.05) is 0 Å². The predicted octanol–water partition coefficient (Wildman–Crippen LogP) is 0.249. The van der Waals surface area contributed by atoms with Crippen LogP contribution in [0.3, 0.4) is 0 Å². The molecule has 2 rings (SSSR count). The maximum absolute atomic E-state index is 9.64. The van der Waals surface area contributed by atoms with Crippen LogP contribution >= 0.6 is 0 Å². The molecule has 2 aliphatic rings. The van der Waals surface area contributed by atoms with E-state index in [2.05, 4.69) is 0 Å². The van der Waals surface area contributed by atoms with Crippen LogP contribution in [0.4, 0.5) is 0 Å². The quantitative estimate of drug-likeness (QED) is 0.530. The van der Waals surface area contributed by atoms with Gasteiger partial charge in [0.15, 0.2) is 0 Å². The molecule has 9 heavy (non-hydrogen) atoms. The minimum atomic E-state index is -0.320. The van der Waals surface area contributed by atoms with Crippen molar-refractivity contribution >= 4 is 0 Å². The van der Waals surface area contributed by atoms with Gasteiger partial charge in [-0.05, 0) is 31.6 Å². The molecule has 0 atom stereocenters. The van der Waals surface area contributed by atoms with Gasteiger partial charge < -0.3 is 10.8 Å². The fraction of sp³-hybridized carbons (Fsp3) is 1.00. The van der Waals surface area contributed by atoms with Crippen LogP contribution in [-0.4, -0.2) is 16.7 Å². The van der Waals surface area contributed by atoms with Crippen molar-refractivity contribution in [1.29, 1.82) is 0 Å². The van der Waals surface area contributed by atoms with E-state index < -0.39 is 0 Å². The first-order valence-corrected chi connectivity index (χ1v) is 3.69. The summed E-state index contributed by atoms with van der Waals surface area (Å²) >= 11 is 0. The van der Waals surface area contributed by atoms with Crippen molar-refractivity contribution in [2.45, 2.75) is 37.3 Å². The van der Waals surface area contributed by atoms with Crippen molar-refractivity contribution in [3.05, 3.63) is 0 Å². The zero-order chi connectivity index (χ0) is 6.48. The zero-order valence-electron chi connectivity index (χ0n) is 5.51. The molecular formula is C7H13NO. The van der Waals surface area contributed by atoms with Gasteiger partial charge in [0, 0.05) is 6.04 Å². The SMILES string of the molecule is N[C@H]1C[C@@](O)(C2CC2)C1. The summed E-state index contributed by atoms with van der Waals surface area (Å²) in [5.74, 6) is 0.609. The van der Waals surface area contributed by atoms with E-state index in [9.17, 15) is 5.11 Å². The van der Waals surface area contributed by atoms with E-state index in [1.807, 2.05) is 0 Å². The third kappa shape index (κ3) is 0.775. The molecule has 0 aromatic rings. The van der Waals surface area contributed by atoms with Gasteiger partial charge in [0.1, 0.15) is 0 Å². The molecule has 0 aromatic heterocycles. The Labute approximate surface area is 55.1 Å². The van der Waals surface area contributed by atoms with Gasteiger partial charge in [0.2, 0.25) is 0 Å². The van der Waals surface area contributed by atoms with Crippen LogP contribution in [0.1, 0.15) is 25.7 Å². The molecule has 0 spiro atoms. The topological polar surface area (TPSA) is 46.2 Å². The van der Waals surface area contributed by atoms with E-state index in [0.717, 1.165) is 12.8 Å². The van der Waals surface area contributed by atoms with Gasteiger partial charge >= 0.3 is 0 Å². The third-order valence-electron chi connectivity index (χ3n) is 2.57. The highest BCUT2D eigenvalue weighted by Crippen LogP contribution is 2.49. The minimum absolute atomic E-state index is 0.288. The van der Waals surface area contributed by atoms with E-state index in [1.54, 1.807) is 0 Å². The van der Waals surface area contributed by atoms with Gasteiger partial charge in [-0.25, -0.2) is 0 Å². The molecule has 0 amide bonds. The van der Waals surface area contributed by atoms with Crippen LogP contribution in [0.15, 0.2) is 0 Å². The van der Waals surface area contributed by atoms with Gasteiger partial charge in [-0.2, -0.15) is 0 Å². The lowest BCUT2D eigenvalue weighted by atomic mass is 9.73. The Morgan fingerprint density at radius 3 is 2.22 bits per heavy atom. The highest BCUT2D eigenvalue weighted by molar-refractivity contribution is 5.05. The van der Waals surface area contributed by atoms with Gasteiger partial charge in [0.05, 0.1) is 5.60 Å². The van der Waals surface area contributed by atoms with E-state index in [-0.39, 0.29) is 11.6 Å². The average molecular weight is 127 g/mol. The summed E-state index contributed by atoms with van der Waals surface area (Å²) in [5, 5.41) is 9.64. The lowest BCUT2D eigenvalue weighted by Gasteiger charge is -2.42. The Bertz CT molecular complexity index is 125. The summed E-state index contributed by atoms with van der Waals surface area (Å²) in [6.07, 6.45) is 4.14. The number of hydrogen-bond donors (Lipinski definition) is 2. The lowest BCUT2D eigenvalue weighted by Crippen LogP contribution is -2.52. The second kappa shape index (κ2) is 1.50. The van der Waals surface area contributed by atoms with Gasteiger partial charge in [-0.1, -0.05) is 0 Å². The van der Waals surface area contributed by atoms with E-state index in [0.29, 0.717) is 5.92 Å². The highest BCUT2D eigenvalue weighted by Gasteiger charge is 2.51. The first-order valence-electron chi connectivity index (χ1n) is 3.69. The normalized spacial score (nSPS) is 50.7. The molecule has 2 fully saturated rings. The second-order valence-electron chi connectivity index (χ2n) is 3.55. The fourth-order valence-corrected chi connectivity index (χ4v) is 1.80. The Kier molecular flexibility index (Phi) is 0.945. The van der Waals surface area contributed by atoms with E-state index >= 15 is 0 Å². The summed E-state index contributed by atoms with van der Waals surface area (Å²) in [7, 11) is 0. The van der Waals surface area contributed by atoms with Crippen LogP contribution in [0, 0.1) is 5.92 Å². The molecule has 0 radical (unpaired) electrons. The average Bonchev–Trinajstić information content (AvgIpc) is 2.39. The van der Waals surface area contributed by atoms with Crippen molar-refractivity contribution in [3.63, 3.8) is 0 Å². The van der Waals surface area contributed by atoms with Crippen LogP contribution in [-0.2, 0) is 0 Å². The van der Waals surface area contributed by atoms with Crippen molar-refractivity contribution in [3.8, 4) is 0 Å². The maximum Gasteiger partial charge on any atom is 0.0705 e. The number of aliphatic hydroxyl groups is 1. The molecule has 2 heteroatoms. The molecule has 2 nitrogen and oxygen atoms in total. The van der Waals surface area contributed by atoms with Crippen LogP contribution in [0.25, 0.3) is 0 Å². The molecular weight excluding hydrogens is 114 g/mol. The largest absolute Gasteiger partial charge is 0.389 e. The summed E-state index contributed by atoms with van der Waals surface area (Å²) in [5.41, 5.74) is 5.24. The zero-order valence-corrected chi connectivity index (χ0v) is 5.51. The van der Waals surface area contributed by atoms with E-state index in [1.165, 1.54) is 12.8 Å². The molecule has 3 N–H and O–H groups in total. The number of rotatable bonds is 1. The lowest BCUT2D eigenvalue weighted by molar-refractivity contribution is -0.0653. The van der Waals surface area contributed by atoms with Gasteiger partial charge in [-0.3, -0.25) is 0 Å². The van der Waals surface area contributed by atoms with Crippen LogP contribution in [0.5, 0.6) is 0 Å². The molecule has 0 aliphatic heterocycles. The summed E-state index contributed by atoms with van der Waals surface area (Å²) in [6.45, 7) is 0. The Morgan fingerprint density at radius 2 is 1.89 bits per heavy atom. The molecule has 2 saturated carbocycles. The molecule has 0 aromatic carbocycles. The molecule has 0 heterocycles. The first-order chi connectivity index (χ1) is 4.21. The predicted molar refractivity (Wildman–Crippen MR) is 34.9 cm³/mol. The standard InChI is InChI=1S/C7H13NO/c8-6-3-7(9,4-6)5-1-2-5/h5-6,9H,1-4,8H2/t6-,7-. The molecule has 0 saturated heterocycles. The number of nitrogens with two attached hydrogens (primary N) is 1. The molecule has 2 aliphatic carbocycles. The van der Waals surface area contributed by atoms with Crippen LogP contribution < -0.4 is 5.73 Å². The van der Waals surface area contributed by atoms with Crippen molar-refractivity contribution in [2.24, 2.45) is 11.7 Å². The summed E-state index contributed by atoms with van der Waals surface area (Å²) in [4.78, 5) is 0. The number of hydrogen-bond acceptors (Lipinski definition) is 2. The Hall–Kier alpha value is -0.0800. The van der Waals surface area contributed by atoms with Gasteiger partial charge in [0.25, 0.3) is 0 Å². The summed E-state index contributed by atoms with van der Waals surface area (Å²) < 4.78 is 0. The van der Waals surface area contributed by atoms with Crippen LogP contribution in [0.2, 0.25) is 0 Å². The maximum atomic E-state index is 9.64. The molecule has 0 unspecified atom stereocenters. The third-order valence-corrected chi connectivity index (χ3v) is 2.57. The molecule has 0 bridgehead atoms. The second-order valence-corrected chi connectivity index (χ2v) is 3.55. The minimum Gasteiger partial charge on any atom is -0.389 e. The fourth-order valence-electron chi connectivity index (χ4n) is 1.80. The Morgan fingerprint density at radius 1 is 1.33 bits per heavy atom. The molecule has 52 valence electrons. The first kappa shape index (κ1) is 5.69. The smallest absolute Gasteiger partial charge is 0.0705 e. The highest BCUT2D eigenvalue weighted by atomic mass is 16.3.